The van der Waals surface area contributed by atoms with Crippen LogP contribution in [0.1, 0.15) is 16.8 Å². The van der Waals surface area contributed by atoms with Gasteiger partial charge in [0.15, 0.2) is 0 Å². The molecule has 3 heterocycles. The summed E-state index contributed by atoms with van der Waals surface area (Å²) in [5, 5.41) is 1.41. The maximum absolute atomic E-state index is 11.9. The van der Waals surface area contributed by atoms with Crippen molar-refractivity contribution in [3.63, 3.8) is 0 Å². The van der Waals surface area contributed by atoms with Gasteiger partial charge in [0.2, 0.25) is 5.91 Å². The third kappa shape index (κ3) is 4.48. The number of likely N-dealkylation sites (N-methyl/N-ethyl adjacent to an activating group) is 1. The molecule has 4 aromatic rings. The zero-order valence-electron chi connectivity index (χ0n) is 18.0. The van der Waals surface area contributed by atoms with Crippen LogP contribution in [0.25, 0.3) is 22.7 Å². The highest BCUT2D eigenvalue weighted by molar-refractivity contribution is 6.31. The van der Waals surface area contributed by atoms with Crippen LogP contribution in [0, 0.1) is 6.92 Å². The molecular formula is C24H22ClN5O2. The number of pyridine rings is 2. The predicted molar refractivity (Wildman–Crippen MR) is 125 cm³/mol. The van der Waals surface area contributed by atoms with Gasteiger partial charge in [0.1, 0.15) is 17.9 Å². The highest BCUT2D eigenvalue weighted by Gasteiger charge is 2.13. The molecule has 0 saturated heterocycles. The van der Waals surface area contributed by atoms with E-state index in [0.29, 0.717) is 10.8 Å². The number of carbonyl (C=O) groups is 1. The summed E-state index contributed by atoms with van der Waals surface area (Å²) in [5.74, 6) is 0.511. The molecule has 0 aliphatic carbocycles. The van der Waals surface area contributed by atoms with Crippen molar-refractivity contribution in [2.24, 2.45) is 0 Å². The van der Waals surface area contributed by atoms with Gasteiger partial charge in [-0.3, -0.25) is 9.78 Å². The number of aryl methyl sites for hydroxylation is 1. The summed E-state index contributed by atoms with van der Waals surface area (Å²) < 4.78 is 8.13. The number of rotatable bonds is 6. The van der Waals surface area contributed by atoms with Crippen LogP contribution in [0.3, 0.4) is 0 Å². The van der Waals surface area contributed by atoms with E-state index in [-0.39, 0.29) is 12.5 Å². The van der Waals surface area contributed by atoms with E-state index in [9.17, 15) is 4.79 Å². The van der Waals surface area contributed by atoms with Crippen molar-refractivity contribution in [2.45, 2.75) is 13.5 Å². The Kier molecular flexibility index (Phi) is 6.18. The average Bonchev–Trinajstić information content (AvgIpc) is 3.31. The van der Waals surface area contributed by atoms with Gasteiger partial charge in [-0.25, -0.2) is 9.97 Å². The molecule has 32 heavy (non-hydrogen) atoms. The monoisotopic (exact) mass is 447 g/mol. The Morgan fingerprint density at radius 2 is 2.09 bits per heavy atom. The first-order valence-electron chi connectivity index (χ1n) is 9.97. The highest BCUT2D eigenvalue weighted by Crippen LogP contribution is 2.31. The number of benzene rings is 1. The SMILES string of the molecule is Cc1cc(-n2ccnc2)c2cccc(OCc3c(Cl)cncc3/C=C/C(=O)N(C)C)c2n1. The van der Waals surface area contributed by atoms with Crippen LogP contribution in [-0.4, -0.2) is 44.4 Å². The molecule has 0 spiro atoms. The van der Waals surface area contributed by atoms with Crippen molar-refractivity contribution < 1.29 is 9.53 Å². The van der Waals surface area contributed by atoms with E-state index < -0.39 is 0 Å². The smallest absolute Gasteiger partial charge is 0.246 e. The minimum Gasteiger partial charge on any atom is -0.487 e. The minimum atomic E-state index is -0.127. The Hall–Kier alpha value is -3.71. The fourth-order valence-corrected chi connectivity index (χ4v) is 3.51. The van der Waals surface area contributed by atoms with Crippen LogP contribution < -0.4 is 4.74 Å². The molecule has 0 aliphatic heterocycles. The van der Waals surface area contributed by atoms with E-state index in [0.717, 1.165) is 33.4 Å². The van der Waals surface area contributed by atoms with E-state index in [2.05, 4.69) is 9.97 Å². The first kappa shape index (κ1) is 21.5. The number of halogens is 1. The van der Waals surface area contributed by atoms with Gasteiger partial charge < -0.3 is 14.2 Å². The lowest BCUT2D eigenvalue weighted by molar-refractivity contribution is -0.123. The van der Waals surface area contributed by atoms with Crippen LogP contribution in [0.15, 0.2) is 61.5 Å². The standard InChI is InChI=1S/C24H22ClN5O2/c1-16-11-21(30-10-9-26-15-30)18-5-4-6-22(24(18)28-16)32-14-19-17(12-27-13-20(19)25)7-8-23(31)29(2)3/h4-13,15H,14H2,1-3H3/b8-7+. The molecule has 0 radical (unpaired) electrons. The zero-order valence-corrected chi connectivity index (χ0v) is 18.7. The number of hydrogen-bond acceptors (Lipinski definition) is 5. The van der Waals surface area contributed by atoms with Crippen LogP contribution >= 0.6 is 11.6 Å². The molecule has 8 heteroatoms. The predicted octanol–water partition coefficient (Wildman–Crippen LogP) is 4.46. The summed E-state index contributed by atoms with van der Waals surface area (Å²) in [6, 6.07) is 7.83. The second-order valence-electron chi connectivity index (χ2n) is 7.45. The number of amides is 1. The molecule has 0 unspecified atom stereocenters. The van der Waals surface area contributed by atoms with E-state index >= 15 is 0 Å². The third-order valence-electron chi connectivity index (χ3n) is 4.95. The van der Waals surface area contributed by atoms with Gasteiger partial charge in [0, 0.05) is 67.2 Å². The molecule has 4 rings (SSSR count). The molecule has 0 bridgehead atoms. The molecule has 7 nitrogen and oxygen atoms in total. The molecule has 0 fully saturated rings. The van der Waals surface area contributed by atoms with Gasteiger partial charge in [0.05, 0.1) is 17.0 Å². The van der Waals surface area contributed by atoms with Gasteiger partial charge in [-0.05, 0) is 25.1 Å². The number of nitrogens with zero attached hydrogens (tertiary/aromatic N) is 5. The minimum absolute atomic E-state index is 0.127. The number of ether oxygens (including phenoxy) is 1. The lowest BCUT2D eigenvalue weighted by atomic mass is 10.1. The number of aromatic nitrogens is 4. The number of carbonyl (C=O) groups excluding carboxylic acids is 1. The second-order valence-corrected chi connectivity index (χ2v) is 7.86. The quantitative estimate of drug-likeness (QED) is 0.408. The lowest BCUT2D eigenvalue weighted by Gasteiger charge is -2.14. The van der Waals surface area contributed by atoms with Gasteiger partial charge in [0.25, 0.3) is 0 Å². The summed E-state index contributed by atoms with van der Waals surface area (Å²) in [7, 11) is 3.39. The maximum atomic E-state index is 11.9. The van der Waals surface area contributed by atoms with Crippen LogP contribution in [0.2, 0.25) is 5.02 Å². The first-order valence-corrected chi connectivity index (χ1v) is 10.3. The fraction of sp³-hybridized carbons (Fsp3) is 0.167. The third-order valence-corrected chi connectivity index (χ3v) is 5.27. The van der Waals surface area contributed by atoms with E-state index in [1.807, 2.05) is 42.0 Å². The summed E-state index contributed by atoms with van der Waals surface area (Å²) in [4.78, 5) is 26.4. The van der Waals surface area contributed by atoms with Crippen molar-refractivity contribution in [2.75, 3.05) is 14.1 Å². The van der Waals surface area contributed by atoms with Crippen LogP contribution in [-0.2, 0) is 11.4 Å². The van der Waals surface area contributed by atoms with E-state index in [1.165, 1.54) is 11.0 Å². The molecule has 3 aromatic heterocycles. The molecule has 0 aliphatic rings. The van der Waals surface area contributed by atoms with E-state index in [4.69, 9.17) is 21.3 Å². The molecule has 0 saturated carbocycles. The molecule has 1 amide bonds. The number of para-hydroxylation sites is 1. The van der Waals surface area contributed by atoms with Crippen LogP contribution in [0.4, 0.5) is 0 Å². The molecular weight excluding hydrogens is 426 g/mol. The van der Waals surface area contributed by atoms with Crippen molar-refractivity contribution in [1.82, 2.24) is 24.4 Å². The molecule has 1 aromatic carbocycles. The summed E-state index contributed by atoms with van der Waals surface area (Å²) in [6.07, 6.45) is 11.8. The number of imidazole rings is 1. The summed E-state index contributed by atoms with van der Waals surface area (Å²) in [6.45, 7) is 2.15. The van der Waals surface area contributed by atoms with Crippen LogP contribution in [0.5, 0.6) is 5.75 Å². The normalized spacial score (nSPS) is 11.2. The average molecular weight is 448 g/mol. The Morgan fingerprint density at radius 3 is 2.84 bits per heavy atom. The Balaban J connectivity index is 1.68. The number of fused-ring (bicyclic) bond motifs is 1. The zero-order chi connectivity index (χ0) is 22.7. The van der Waals surface area contributed by atoms with Crippen molar-refractivity contribution in [1.29, 1.82) is 0 Å². The van der Waals surface area contributed by atoms with Gasteiger partial charge in [-0.2, -0.15) is 0 Å². The lowest BCUT2D eigenvalue weighted by Crippen LogP contribution is -2.18. The van der Waals surface area contributed by atoms with Crippen molar-refractivity contribution >= 4 is 34.5 Å². The first-order chi connectivity index (χ1) is 15.4. The summed E-state index contributed by atoms with van der Waals surface area (Å²) >= 11 is 6.41. The highest BCUT2D eigenvalue weighted by atomic mass is 35.5. The van der Waals surface area contributed by atoms with Gasteiger partial charge in [-0.1, -0.05) is 23.7 Å². The Bertz CT molecular complexity index is 1300. The van der Waals surface area contributed by atoms with Crippen molar-refractivity contribution in [3.05, 3.63) is 83.3 Å². The molecule has 162 valence electrons. The van der Waals surface area contributed by atoms with Gasteiger partial charge in [-0.15, -0.1) is 0 Å². The molecule has 0 atom stereocenters. The Labute approximate surface area is 191 Å². The van der Waals surface area contributed by atoms with Gasteiger partial charge >= 0.3 is 0 Å². The topological polar surface area (TPSA) is 73.1 Å². The van der Waals surface area contributed by atoms with Crippen molar-refractivity contribution in [3.8, 4) is 11.4 Å². The molecule has 0 N–H and O–H groups in total. The Morgan fingerprint density at radius 1 is 1.25 bits per heavy atom. The fourth-order valence-electron chi connectivity index (χ4n) is 3.29. The summed E-state index contributed by atoms with van der Waals surface area (Å²) in [5.41, 5.74) is 4.05. The second kappa shape index (κ2) is 9.20. The number of hydrogen-bond donors (Lipinski definition) is 0. The maximum Gasteiger partial charge on any atom is 0.246 e. The van der Waals surface area contributed by atoms with E-state index in [1.54, 1.807) is 45.1 Å². The largest absolute Gasteiger partial charge is 0.487 e.